The zero-order chi connectivity index (χ0) is 21.7. The van der Waals surface area contributed by atoms with Crippen molar-refractivity contribution < 1.29 is 22.7 Å². The number of likely N-dealkylation sites (tertiary alicyclic amines) is 1. The molecule has 7 nitrogen and oxygen atoms in total. The van der Waals surface area contributed by atoms with Crippen molar-refractivity contribution in [3.63, 3.8) is 0 Å². The van der Waals surface area contributed by atoms with E-state index in [1.165, 1.54) is 23.5 Å². The van der Waals surface area contributed by atoms with Crippen molar-refractivity contribution >= 4 is 27.6 Å². The molecule has 30 heavy (non-hydrogen) atoms. The lowest BCUT2D eigenvalue weighted by Crippen LogP contribution is -2.46. The van der Waals surface area contributed by atoms with Gasteiger partial charge >= 0.3 is 5.97 Å². The van der Waals surface area contributed by atoms with Gasteiger partial charge in [-0.15, -0.1) is 0 Å². The van der Waals surface area contributed by atoms with Crippen LogP contribution in [0, 0.1) is 12.8 Å². The fourth-order valence-corrected chi connectivity index (χ4v) is 5.12. The number of nitrogens with zero attached hydrogens (tertiary/aromatic N) is 2. The lowest BCUT2D eigenvalue weighted by Gasteiger charge is -2.33. The van der Waals surface area contributed by atoms with Gasteiger partial charge in [0.2, 0.25) is 5.91 Å². The van der Waals surface area contributed by atoms with Crippen LogP contribution < -0.4 is 4.31 Å². The summed E-state index contributed by atoms with van der Waals surface area (Å²) in [7, 11) is -2.57. The van der Waals surface area contributed by atoms with Gasteiger partial charge in [0, 0.05) is 13.1 Å². The summed E-state index contributed by atoms with van der Waals surface area (Å²) in [6, 6.07) is 15.2. The second-order valence-corrected chi connectivity index (χ2v) is 9.15. The first-order chi connectivity index (χ1) is 14.3. The van der Waals surface area contributed by atoms with Crippen LogP contribution in [0.4, 0.5) is 5.69 Å². The lowest BCUT2D eigenvalue weighted by atomic mass is 9.97. The standard InChI is InChI=1S/C22H26N2O5S/c1-17-8-6-7-11-20(17)24(30(27,28)19-9-4-3-5-10-19)16-21(25)23-14-12-18(13-15-23)22(26)29-2/h3-11,18H,12-16H2,1-2H3. The van der Waals surface area contributed by atoms with E-state index in [4.69, 9.17) is 4.74 Å². The topological polar surface area (TPSA) is 84.0 Å². The number of anilines is 1. The Morgan fingerprint density at radius 3 is 2.23 bits per heavy atom. The second kappa shape index (κ2) is 9.30. The Bertz CT molecular complexity index is 999. The summed E-state index contributed by atoms with van der Waals surface area (Å²) in [6.07, 6.45) is 1.02. The number of carbonyl (C=O) groups excluding carboxylic acids is 2. The van der Waals surface area contributed by atoms with Gasteiger partial charge in [-0.3, -0.25) is 13.9 Å². The van der Waals surface area contributed by atoms with Crippen LogP contribution in [-0.2, 0) is 24.3 Å². The summed E-state index contributed by atoms with van der Waals surface area (Å²) in [5.74, 6) is -0.782. The number of carbonyl (C=O) groups is 2. The van der Waals surface area contributed by atoms with E-state index in [1.807, 2.05) is 19.1 Å². The average molecular weight is 431 g/mol. The maximum Gasteiger partial charge on any atom is 0.308 e. The van der Waals surface area contributed by atoms with Gasteiger partial charge in [0.05, 0.1) is 23.6 Å². The van der Waals surface area contributed by atoms with Crippen LogP contribution in [0.1, 0.15) is 18.4 Å². The van der Waals surface area contributed by atoms with Crippen molar-refractivity contribution in [3.8, 4) is 0 Å². The molecule has 0 atom stereocenters. The molecule has 0 unspecified atom stereocenters. The molecule has 0 radical (unpaired) electrons. The van der Waals surface area contributed by atoms with E-state index in [2.05, 4.69) is 0 Å². The molecule has 3 rings (SSSR count). The monoisotopic (exact) mass is 430 g/mol. The van der Waals surface area contributed by atoms with E-state index in [-0.39, 0.29) is 29.2 Å². The summed E-state index contributed by atoms with van der Waals surface area (Å²) in [5.41, 5.74) is 1.23. The molecule has 0 spiro atoms. The molecule has 0 N–H and O–H groups in total. The number of esters is 1. The minimum Gasteiger partial charge on any atom is -0.469 e. The summed E-state index contributed by atoms with van der Waals surface area (Å²) >= 11 is 0. The normalized spacial score (nSPS) is 14.9. The van der Waals surface area contributed by atoms with Gasteiger partial charge in [0.25, 0.3) is 10.0 Å². The summed E-state index contributed by atoms with van der Waals surface area (Å²) in [5, 5.41) is 0. The summed E-state index contributed by atoms with van der Waals surface area (Å²) < 4.78 is 32.7. The Balaban J connectivity index is 1.85. The van der Waals surface area contributed by atoms with E-state index in [0.29, 0.717) is 31.6 Å². The number of rotatable bonds is 6. The number of ether oxygens (including phenoxy) is 1. The molecule has 8 heteroatoms. The largest absolute Gasteiger partial charge is 0.469 e. The van der Waals surface area contributed by atoms with E-state index in [1.54, 1.807) is 35.2 Å². The van der Waals surface area contributed by atoms with Gasteiger partial charge in [-0.2, -0.15) is 0 Å². The quantitative estimate of drug-likeness (QED) is 0.658. The number of hydrogen-bond acceptors (Lipinski definition) is 5. The molecule has 1 saturated heterocycles. The summed E-state index contributed by atoms with van der Waals surface area (Å²) in [6.45, 7) is 2.30. The predicted octanol–water partition coefficient (Wildman–Crippen LogP) is 2.60. The molecular formula is C22H26N2O5S. The minimum absolute atomic E-state index is 0.130. The van der Waals surface area contributed by atoms with E-state index in [9.17, 15) is 18.0 Å². The molecule has 1 heterocycles. The van der Waals surface area contributed by atoms with Crippen LogP contribution >= 0.6 is 0 Å². The van der Waals surface area contributed by atoms with Crippen LogP contribution in [0.25, 0.3) is 0 Å². The van der Waals surface area contributed by atoms with E-state index >= 15 is 0 Å². The number of piperidine rings is 1. The van der Waals surface area contributed by atoms with Crippen LogP contribution in [0.2, 0.25) is 0 Å². The van der Waals surface area contributed by atoms with Crippen molar-refractivity contribution in [2.75, 3.05) is 31.0 Å². The number of amides is 1. The first-order valence-electron chi connectivity index (χ1n) is 9.83. The average Bonchev–Trinajstić information content (AvgIpc) is 2.78. The number of benzene rings is 2. The highest BCUT2D eigenvalue weighted by Crippen LogP contribution is 2.27. The molecule has 1 aliphatic rings. The van der Waals surface area contributed by atoms with Crippen molar-refractivity contribution in [3.05, 3.63) is 60.2 Å². The zero-order valence-electron chi connectivity index (χ0n) is 17.2. The number of para-hydroxylation sites is 1. The zero-order valence-corrected chi connectivity index (χ0v) is 18.0. The molecule has 0 aromatic heterocycles. The Morgan fingerprint density at radius 2 is 1.63 bits per heavy atom. The van der Waals surface area contributed by atoms with Crippen LogP contribution in [0.15, 0.2) is 59.5 Å². The fraction of sp³-hybridized carbons (Fsp3) is 0.364. The Labute approximate surface area is 177 Å². The first-order valence-corrected chi connectivity index (χ1v) is 11.3. The van der Waals surface area contributed by atoms with Crippen molar-refractivity contribution in [1.29, 1.82) is 0 Å². The number of methoxy groups -OCH3 is 1. The Hall–Kier alpha value is -2.87. The molecule has 1 amide bonds. The highest BCUT2D eigenvalue weighted by molar-refractivity contribution is 7.92. The molecule has 0 aliphatic carbocycles. The molecule has 0 bridgehead atoms. The highest BCUT2D eigenvalue weighted by Gasteiger charge is 2.32. The predicted molar refractivity (Wildman–Crippen MR) is 113 cm³/mol. The maximum atomic E-state index is 13.4. The summed E-state index contributed by atoms with van der Waals surface area (Å²) in [4.78, 5) is 26.5. The van der Waals surface area contributed by atoms with Gasteiger partial charge < -0.3 is 9.64 Å². The van der Waals surface area contributed by atoms with Crippen LogP contribution in [-0.4, -0.2) is 51.9 Å². The number of hydrogen-bond donors (Lipinski definition) is 0. The van der Waals surface area contributed by atoms with E-state index in [0.717, 1.165) is 5.56 Å². The number of aryl methyl sites for hydroxylation is 1. The number of sulfonamides is 1. The lowest BCUT2D eigenvalue weighted by molar-refractivity contribution is -0.148. The van der Waals surface area contributed by atoms with Crippen molar-refractivity contribution in [1.82, 2.24) is 4.90 Å². The third kappa shape index (κ3) is 4.64. The highest BCUT2D eigenvalue weighted by atomic mass is 32.2. The van der Waals surface area contributed by atoms with Gasteiger partial charge in [-0.1, -0.05) is 36.4 Å². The third-order valence-electron chi connectivity index (χ3n) is 5.38. The maximum absolute atomic E-state index is 13.4. The van der Waals surface area contributed by atoms with Crippen LogP contribution in [0.3, 0.4) is 0 Å². The molecule has 2 aromatic rings. The first kappa shape index (κ1) is 21.8. The molecule has 0 saturated carbocycles. The third-order valence-corrected chi connectivity index (χ3v) is 7.15. The van der Waals surface area contributed by atoms with E-state index < -0.39 is 10.0 Å². The van der Waals surface area contributed by atoms with Crippen molar-refractivity contribution in [2.45, 2.75) is 24.7 Å². The smallest absolute Gasteiger partial charge is 0.308 e. The fourth-order valence-electron chi connectivity index (χ4n) is 3.62. The van der Waals surface area contributed by atoms with Gasteiger partial charge in [-0.25, -0.2) is 8.42 Å². The Kier molecular flexibility index (Phi) is 6.77. The molecular weight excluding hydrogens is 404 g/mol. The van der Waals surface area contributed by atoms with Gasteiger partial charge in [-0.05, 0) is 43.5 Å². The van der Waals surface area contributed by atoms with Gasteiger partial charge in [0.1, 0.15) is 6.54 Å². The second-order valence-electron chi connectivity index (χ2n) is 7.29. The molecule has 2 aromatic carbocycles. The SMILES string of the molecule is COC(=O)C1CCN(C(=O)CN(c2ccccc2C)S(=O)(=O)c2ccccc2)CC1. The molecule has 160 valence electrons. The molecule has 1 fully saturated rings. The minimum atomic E-state index is -3.93. The van der Waals surface area contributed by atoms with Crippen molar-refractivity contribution in [2.24, 2.45) is 5.92 Å². The van der Waals surface area contributed by atoms with Crippen LogP contribution in [0.5, 0.6) is 0 Å². The molecule has 1 aliphatic heterocycles. The Morgan fingerprint density at radius 1 is 1.03 bits per heavy atom. The van der Waals surface area contributed by atoms with Gasteiger partial charge in [0.15, 0.2) is 0 Å².